The molecule has 164 valence electrons. The highest BCUT2D eigenvalue weighted by Gasteiger charge is 2.14. The number of benzene rings is 2. The van der Waals surface area contributed by atoms with Gasteiger partial charge in [-0.05, 0) is 62.1 Å². The lowest BCUT2D eigenvalue weighted by atomic mass is 10.2. The lowest BCUT2D eigenvalue weighted by molar-refractivity contribution is -0.116. The number of nitrogens with one attached hydrogen (secondary N) is 1. The monoisotopic (exact) mass is 446 g/mol. The van der Waals surface area contributed by atoms with Gasteiger partial charge in [-0.1, -0.05) is 31.5 Å². The second kappa shape index (κ2) is 11.2. The minimum Gasteiger partial charge on any atom is -0.342 e. The number of hydrogen-bond acceptors (Lipinski definition) is 7. The zero-order valence-electron chi connectivity index (χ0n) is 18.5. The highest BCUT2D eigenvalue weighted by atomic mass is 32.1. The number of carbonyl (C=O) groups is 1. The second-order valence-electron chi connectivity index (χ2n) is 7.19. The molecule has 0 saturated carbocycles. The summed E-state index contributed by atoms with van der Waals surface area (Å²) in [5.74, 6) is -0.0606. The van der Waals surface area contributed by atoms with Crippen LogP contribution in [0.1, 0.15) is 44.4 Å². The molecule has 0 aliphatic heterocycles. The summed E-state index contributed by atoms with van der Waals surface area (Å²) in [5, 5.41) is 21.4. The molecule has 0 aliphatic carbocycles. The van der Waals surface area contributed by atoms with Gasteiger partial charge in [0.2, 0.25) is 5.91 Å². The normalized spacial score (nSPS) is 10.8. The van der Waals surface area contributed by atoms with E-state index < -0.39 is 0 Å². The molecule has 0 radical (unpaired) electrons. The van der Waals surface area contributed by atoms with Crippen molar-refractivity contribution in [3.8, 4) is 6.07 Å². The van der Waals surface area contributed by atoms with Crippen molar-refractivity contribution in [2.75, 3.05) is 16.8 Å². The SMILES string of the molecule is CCCCC(=O)Nc1cc(N(CC)c2ccccc2)ccc1N=Nc1snc(C)c1C#N. The summed E-state index contributed by atoms with van der Waals surface area (Å²) in [6, 6.07) is 17.9. The van der Waals surface area contributed by atoms with Gasteiger partial charge in [0.1, 0.15) is 17.3 Å². The van der Waals surface area contributed by atoms with E-state index in [1.54, 1.807) is 6.92 Å². The maximum absolute atomic E-state index is 12.5. The largest absolute Gasteiger partial charge is 0.342 e. The number of aromatic nitrogens is 1. The average molecular weight is 447 g/mol. The molecular weight excluding hydrogens is 420 g/mol. The summed E-state index contributed by atoms with van der Waals surface area (Å²) in [6.45, 7) is 6.66. The van der Waals surface area contributed by atoms with E-state index in [1.165, 1.54) is 0 Å². The molecule has 1 N–H and O–H groups in total. The number of carbonyl (C=O) groups excluding carboxylic acids is 1. The van der Waals surface area contributed by atoms with Gasteiger partial charge in [0.25, 0.3) is 0 Å². The fourth-order valence-electron chi connectivity index (χ4n) is 3.21. The number of hydrogen-bond donors (Lipinski definition) is 1. The molecule has 1 amide bonds. The topological polar surface area (TPSA) is 93.7 Å². The van der Waals surface area contributed by atoms with Crippen molar-refractivity contribution in [2.24, 2.45) is 10.2 Å². The summed E-state index contributed by atoms with van der Waals surface area (Å²) in [4.78, 5) is 14.6. The lowest BCUT2D eigenvalue weighted by Gasteiger charge is -2.24. The van der Waals surface area contributed by atoms with Gasteiger partial charge in [0.05, 0.1) is 11.4 Å². The molecule has 3 rings (SSSR count). The highest BCUT2D eigenvalue weighted by molar-refractivity contribution is 7.10. The van der Waals surface area contributed by atoms with E-state index >= 15 is 0 Å². The Morgan fingerprint density at radius 1 is 1.16 bits per heavy atom. The third-order valence-corrected chi connectivity index (χ3v) is 5.74. The smallest absolute Gasteiger partial charge is 0.224 e. The zero-order valence-corrected chi connectivity index (χ0v) is 19.3. The van der Waals surface area contributed by atoms with E-state index in [2.05, 4.69) is 44.7 Å². The summed E-state index contributed by atoms with van der Waals surface area (Å²) in [5.41, 5.74) is 4.17. The molecule has 1 aromatic heterocycles. The number of rotatable bonds is 9. The van der Waals surface area contributed by atoms with Crippen LogP contribution in [0.15, 0.2) is 58.8 Å². The Bertz CT molecular complexity index is 1130. The molecule has 8 heteroatoms. The van der Waals surface area contributed by atoms with Crippen LogP contribution in [0.5, 0.6) is 0 Å². The first-order valence-corrected chi connectivity index (χ1v) is 11.4. The van der Waals surface area contributed by atoms with Gasteiger partial charge >= 0.3 is 0 Å². The second-order valence-corrected chi connectivity index (χ2v) is 7.94. The number of amides is 1. The van der Waals surface area contributed by atoms with Crippen LogP contribution in [0.2, 0.25) is 0 Å². The molecule has 1 heterocycles. The van der Waals surface area contributed by atoms with E-state index in [0.717, 1.165) is 42.3 Å². The summed E-state index contributed by atoms with van der Waals surface area (Å²) in [6.07, 6.45) is 2.21. The Kier molecular flexibility index (Phi) is 8.06. The van der Waals surface area contributed by atoms with Crippen molar-refractivity contribution in [3.05, 3.63) is 59.8 Å². The summed E-state index contributed by atoms with van der Waals surface area (Å²) >= 11 is 1.13. The molecule has 0 atom stereocenters. The summed E-state index contributed by atoms with van der Waals surface area (Å²) < 4.78 is 4.18. The third kappa shape index (κ3) is 5.56. The molecular formula is C24H26N6OS. The Morgan fingerprint density at radius 2 is 1.94 bits per heavy atom. The van der Waals surface area contributed by atoms with E-state index in [9.17, 15) is 10.1 Å². The van der Waals surface area contributed by atoms with E-state index in [-0.39, 0.29) is 5.91 Å². The summed E-state index contributed by atoms with van der Waals surface area (Å²) in [7, 11) is 0. The Morgan fingerprint density at radius 3 is 2.62 bits per heavy atom. The molecule has 0 unspecified atom stereocenters. The number of anilines is 3. The minimum atomic E-state index is -0.0606. The van der Waals surface area contributed by atoms with Crippen molar-refractivity contribution < 1.29 is 4.79 Å². The van der Waals surface area contributed by atoms with Crippen LogP contribution in [-0.4, -0.2) is 16.8 Å². The third-order valence-electron chi connectivity index (χ3n) is 4.91. The molecule has 0 spiro atoms. The van der Waals surface area contributed by atoms with E-state index in [4.69, 9.17) is 0 Å². The van der Waals surface area contributed by atoms with Crippen LogP contribution in [0.25, 0.3) is 0 Å². The van der Waals surface area contributed by atoms with Crippen molar-refractivity contribution in [3.63, 3.8) is 0 Å². The molecule has 32 heavy (non-hydrogen) atoms. The van der Waals surface area contributed by atoms with Gasteiger partial charge < -0.3 is 10.2 Å². The number of azo groups is 1. The van der Waals surface area contributed by atoms with Crippen LogP contribution in [0.3, 0.4) is 0 Å². The average Bonchev–Trinajstić information content (AvgIpc) is 3.17. The first kappa shape index (κ1) is 23.1. The number of nitrogens with zero attached hydrogens (tertiary/aromatic N) is 5. The molecule has 3 aromatic rings. The molecule has 0 fully saturated rings. The first-order valence-electron chi connectivity index (χ1n) is 10.6. The predicted molar refractivity (Wildman–Crippen MR) is 129 cm³/mol. The van der Waals surface area contributed by atoms with Gasteiger partial charge in [-0.25, -0.2) is 0 Å². The number of aryl methyl sites for hydroxylation is 1. The van der Waals surface area contributed by atoms with Crippen molar-refractivity contribution in [1.82, 2.24) is 4.37 Å². The quantitative estimate of drug-likeness (QED) is 0.357. The minimum absolute atomic E-state index is 0.0606. The van der Waals surface area contributed by atoms with Gasteiger partial charge in [0.15, 0.2) is 5.00 Å². The van der Waals surface area contributed by atoms with Crippen LogP contribution < -0.4 is 10.2 Å². The molecule has 0 bridgehead atoms. The standard InChI is InChI=1S/C24H26N6OS/c1-4-6-12-23(31)26-22-15-19(30(5-2)18-10-8-7-9-11-18)13-14-21(22)27-28-24-20(16-25)17(3)29-32-24/h7-11,13-15H,4-6,12H2,1-3H3,(H,26,31). The van der Waals surface area contributed by atoms with Gasteiger partial charge in [-0.2, -0.15) is 9.64 Å². The Labute approximate surface area is 192 Å². The highest BCUT2D eigenvalue weighted by Crippen LogP contribution is 2.35. The van der Waals surface area contributed by atoms with E-state index in [0.29, 0.717) is 34.1 Å². The molecule has 2 aromatic carbocycles. The molecule has 0 saturated heterocycles. The van der Waals surface area contributed by atoms with Crippen molar-refractivity contribution in [1.29, 1.82) is 5.26 Å². The Balaban J connectivity index is 1.97. The number of unbranched alkanes of at least 4 members (excludes halogenated alkanes) is 1. The van der Waals surface area contributed by atoms with Crippen LogP contribution in [0.4, 0.5) is 27.8 Å². The van der Waals surface area contributed by atoms with Crippen LogP contribution >= 0.6 is 11.5 Å². The van der Waals surface area contributed by atoms with E-state index in [1.807, 2.05) is 48.5 Å². The first-order chi connectivity index (χ1) is 15.6. The molecule has 0 aliphatic rings. The fourth-order valence-corrected chi connectivity index (χ4v) is 3.88. The van der Waals surface area contributed by atoms with Crippen LogP contribution in [0, 0.1) is 18.3 Å². The van der Waals surface area contributed by atoms with Crippen LogP contribution in [-0.2, 0) is 4.79 Å². The Hall–Kier alpha value is -3.57. The van der Waals surface area contributed by atoms with Gasteiger partial charge in [-0.3, -0.25) is 4.79 Å². The molecule has 7 nitrogen and oxygen atoms in total. The van der Waals surface area contributed by atoms with Crippen molar-refractivity contribution in [2.45, 2.75) is 40.0 Å². The van der Waals surface area contributed by atoms with Gasteiger partial charge in [-0.15, -0.1) is 10.2 Å². The van der Waals surface area contributed by atoms with Crippen molar-refractivity contribution >= 4 is 45.2 Å². The van der Waals surface area contributed by atoms with Gasteiger partial charge in [0, 0.05) is 24.3 Å². The lowest BCUT2D eigenvalue weighted by Crippen LogP contribution is -2.17. The number of nitriles is 1. The zero-order chi connectivity index (χ0) is 22.9. The maximum atomic E-state index is 12.5. The fraction of sp³-hybridized carbons (Fsp3) is 0.292. The maximum Gasteiger partial charge on any atom is 0.224 e. The predicted octanol–water partition coefficient (Wildman–Crippen LogP) is 7.03. The number of para-hydroxylation sites is 1.